The minimum Gasteiger partial charge on any atom is -0.382 e. The molecule has 1 saturated carbocycles. The smallest absolute Gasteiger partial charge is 0.274 e. The van der Waals surface area contributed by atoms with Crippen LogP contribution in [0.3, 0.4) is 0 Å². The molecule has 1 unspecified atom stereocenters. The van der Waals surface area contributed by atoms with Gasteiger partial charge in [-0.1, -0.05) is 6.92 Å². The lowest BCUT2D eigenvalue weighted by Crippen LogP contribution is -2.25. The number of aryl methyl sites for hydroxylation is 2. The van der Waals surface area contributed by atoms with Gasteiger partial charge in [0, 0.05) is 58.3 Å². The highest BCUT2D eigenvalue weighted by atomic mass is 32.2. The van der Waals surface area contributed by atoms with E-state index in [1.54, 1.807) is 17.7 Å². The molecule has 7 heteroatoms. The number of hydrogen-bond acceptors (Lipinski definition) is 4. The van der Waals surface area contributed by atoms with Crippen LogP contribution >= 0.6 is 0 Å². The zero-order valence-corrected chi connectivity index (χ0v) is 18.9. The van der Waals surface area contributed by atoms with E-state index in [2.05, 4.69) is 17.2 Å². The van der Waals surface area contributed by atoms with Gasteiger partial charge in [0.05, 0.1) is 9.73 Å². The second-order valence-corrected chi connectivity index (χ2v) is 11.0. The number of nitrogens with zero attached hydrogens (tertiary/aromatic N) is 1. The molecule has 0 aliphatic heterocycles. The summed E-state index contributed by atoms with van der Waals surface area (Å²) < 4.78 is 22.1. The summed E-state index contributed by atoms with van der Waals surface area (Å²) in [5.74, 6) is 0.768. The van der Waals surface area contributed by atoms with Gasteiger partial charge in [-0.05, 0) is 62.8 Å². The van der Waals surface area contributed by atoms with E-state index in [9.17, 15) is 9.00 Å². The van der Waals surface area contributed by atoms with Gasteiger partial charge in [0.2, 0.25) is 0 Å². The molecule has 4 rings (SSSR count). The number of benzene rings is 1. The van der Waals surface area contributed by atoms with Crippen molar-refractivity contribution >= 4 is 26.3 Å². The van der Waals surface area contributed by atoms with Gasteiger partial charge in [0.25, 0.3) is 5.56 Å². The fourth-order valence-electron chi connectivity index (χ4n) is 4.42. The fourth-order valence-corrected chi connectivity index (χ4v) is 5.09. The summed E-state index contributed by atoms with van der Waals surface area (Å²) in [6.07, 6.45) is 7.95. The van der Waals surface area contributed by atoms with Crippen molar-refractivity contribution in [2.24, 2.45) is 13.0 Å². The highest BCUT2D eigenvalue weighted by molar-refractivity contribution is 7.91. The van der Waals surface area contributed by atoms with Crippen LogP contribution in [0.4, 0.5) is 5.69 Å². The van der Waals surface area contributed by atoms with Crippen LogP contribution in [-0.2, 0) is 16.8 Å². The van der Waals surface area contributed by atoms with Crippen LogP contribution in [0.5, 0.6) is 0 Å². The average Bonchev–Trinajstić information content (AvgIpc) is 3.08. The maximum atomic E-state index is 12.6. The molecule has 3 aromatic rings. The van der Waals surface area contributed by atoms with E-state index in [4.69, 9.17) is 4.78 Å². The van der Waals surface area contributed by atoms with E-state index in [1.165, 1.54) is 19.1 Å². The van der Waals surface area contributed by atoms with Crippen LogP contribution in [0.15, 0.2) is 40.2 Å². The van der Waals surface area contributed by atoms with Gasteiger partial charge in [-0.2, -0.15) is 0 Å². The number of fused-ring (bicyclic) bond motifs is 1. The van der Waals surface area contributed by atoms with Gasteiger partial charge in [-0.15, -0.1) is 0 Å². The van der Waals surface area contributed by atoms with Crippen LogP contribution in [0.1, 0.15) is 38.3 Å². The number of anilines is 1. The van der Waals surface area contributed by atoms with Crippen molar-refractivity contribution in [3.8, 4) is 11.1 Å². The second-order valence-electron chi connectivity index (χ2n) is 8.85. The molecular formula is C23H30N4O2S. The standard InChI is InChI=1S/C23H30N4O2S/c1-14-5-7-16(8-6-14)26-21-10-9-17(30(4,24)29)12-18(21)20-13-27(3)23(28)22-19(20)11-15(2)25-22/h9-14,16,24-26H,5-8H2,1-4H3/t14-,16-,30?. The lowest BCUT2D eigenvalue weighted by atomic mass is 9.87. The number of rotatable bonds is 4. The molecular weight excluding hydrogens is 396 g/mol. The summed E-state index contributed by atoms with van der Waals surface area (Å²) in [6.45, 7) is 4.24. The second kappa shape index (κ2) is 7.61. The molecule has 0 radical (unpaired) electrons. The zero-order valence-electron chi connectivity index (χ0n) is 18.0. The number of aromatic amines is 1. The van der Waals surface area contributed by atoms with Crippen molar-refractivity contribution in [1.29, 1.82) is 4.78 Å². The summed E-state index contributed by atoms with van der Waals surface area (Å²) in [6, 6.07) is 7.95. The van der Waals surface area contributed by atoms with Gasteiger partial charge in [0.15, 0.2) is 0 Å². The van der Waals surface area contributed by atoms with Gasteiger partial charge < -0.3 is 14.9 Å². The van der Waals surface area contributed by atoms with E-state index in [-0.39, 0.29) is 5.56 Å². The molecule has 0 spiro atoms. The first kappa shape index (κ1) is 20.7. The van der Waals surface area contributed by atoms with Gasteiger partial charge >= 0.3 is 0 Å². The molecule has 1 fully saturated rings. The zero-order chi connectivity index (χ0) is 21.6. The summed E-state index contributed by atoms with van der Waals surface area (Å²) >= 11 is 0. The monoisotopic (exact) mass is 426 g/mol. The fraction of sp³-hybridized carbons (Fsp3) is 0.435. The highest BCUT2D eigenvalue weighted by Gasteiger charge is 2.21. The van der Waals surface area contributed by atoms with E-state index in [0.29, 0.717) is 16.5 Å². The third-order valence-electron chi connectivity index (χ3n) is 6.21. The Labute approximate surface area is 177 Å². The van der Waals surface area contributed by atoms with E-state index in [0.717, 1.165) is 46.7 Å². The molecule has 2 heterocycles. The third-order valence-corrected chi connectivity index (χ3v) is 7.36. The SMILES string of the molecule is Cc1cc2c(-c3cc(S(C)(=N)=O)ccc3N[C@H]3CC[C@H](C)CC3)cn(C)c(=O)c2[nH]1. The molecule has 3 N–H and O–H groups in total. The van der Waals surface area contributed by atoms with Crippen molar-refractivity contribution < 1.29 is 4.21 Å². The Balaban J connectivity index is 1.90. The van der Waals surface area contributed by atoms with Crippen LogP contribution in [-0.4, -0.2) is 26.1 Å². The lowest BCUT2D eigenvalue weighted by Gasteiger charge is -2.29. The first-order chi connectivity index (χ1) is 14.1. The number of pyridine rings is 1. The maximum Gasteiger partial charge on any atom is 0.274 e. The molecule has 1 aromatic carbocycles. The molecule has 160 valence electrons. The molecule has 1 atom stereocenters. The maximum absolute atomic E-state index is 12.6. The topological polar surface area (TPSA) is 90.7 Å². The summed E-state index contributed by atoms with van der Waals surface area (Å²) in [7, 11) is -1.12. The minimum atomic E-state index is -2.86. The molecule has 0 saturated heterocycles. The molecule has 0 bridgehead atoms. The van der Waals surface area contributed by atoms with Crippen LogP contribution < -0.4 is 10.9 Å². The van der Waals surface area contributed by atoms with Gasteiger partial charge in [0.1, 0.15) is 5.52 Å². The number of nitrogens with one attached hydrogen (secondary N) is 3. The lowest BCUT2D eigenvalue weighted by molar-refractivity contribution is 0.361. The minimum absolute atomic E-state index is 0.0754. The summed E-state index contributed by atoms with van der Waals surface area (Å²) in [5, 5.41) is 4.55. The van der Waals surface area contributed by atoms with Crippen LogP contribution in [0.2, 0.25) is 0 Å². The Morgan fingerprint density at radius 1 is 1.17 bits per heavy atom. The quantitative estimate of drug-likeness (QED) is 0.556. The highest BCUT2D eigenvalue weighted by Crippen LogP contribution is 2.36. The van der Waals surface area contributed by atoms with E-state index >= 15 is 0 Å². The molecule has 1 aliphatic rings. The van der Waals surface area contributed by atoms with Gasteiger partial charge in [-0.3, -0.25) is 4.79 Å². The average molecular weight is 427 g/mol. The van der Waals surface area contributed by atoms with Crippen molar-refractivity contribution in [1.82, 2.24) is 9.55 Å². The van der Waals surface area contributed by atoms with Crippen LogP contribution in [0.25, 0.3) is 22.0 Å². The Morgan fingerprint density at radius 3 is 2.53 bits per heavy atom. The van der Waals surface area contributed by atoms with Crippen LogP contribution in [0, 0.1) is 17.6 Å². The van der Waals surface area contributed by atoms with Gasteiger partial charge in [-0.25, -0.2) is 8.99 Å². The van der Waals surface area contributed by atoms with Crippen molar-refractivity contribution in [3.63, 3.8) is 0 Å². The van der Waals surface area contributed by atoms with Crippen molar-refractivity contribution in [3.05, 3.63) is 46.5 Å². The predicted octanol–water partition coefficient (Wildman–Crippen LogP) is 4.87. The first-order valence-corrected chi connectivity index (χ1v) is 12.4. The van der Waals surface area contributed by atoms with E-state index in [1.807, 2.05) is 31.3 Å². The molecule has 30 heavy (non-hydrogen) atoms. The Morgan fingerprint density at radius 2 is 1.87 bits per heavy atom. The number of aromatic nitrogens is 2. The predicted molar refractivity (Wildman–Crippen MR) is 124 cm³/mol. The first-order valence-electron chi connectivity index (χ1n) is 10.5. The number of hydrogen-bond donors (Lipinski definition) is 3. The number of H-pyrrole nitrogens is 1. The third kappa shape index (κ3) is 3.90. The summed E-state index contributed by atoms with van der Waals surface area (Å²) in [4.78, 5) is 16.3. The largest absolute Gasteiger partial charge is 0.382 e. The Bertz CT molecular complexity index is 1260. The van der Waals surface area contributed by atoms with Crippen molar-refractivity contribution in [2.45, 2.75) is 50.5 Å². The molecule has 6 nitrogen and oxygen atoms in total. The molecule has 0 amide bonds. The summed E-state index contributed by atoms with van der Waals surface area (Å²) in [5.41, 5.74) is 4.15. The van der Waals surface area contributed by atoms with Crippen molar-refractivity contribution in [2.75, 3.05) is 11.6 Å². The molecule has 2 aromatic heterocycles. The van der Waals surface area contributed by atoms with E-state index < -0.39 is 9.73 Å². The molecule has 1 aliphatic carbocycles. The Kier molecular flexibility index (Phi) is 5.26. The Hall–Kier alpha value is -2.54. The normalized spacial score (nSPS) is 21.5.